The molecule has 1 aliphatic rings. The summed E-state index contributed by atoms with van der Waals surface area (Å²) in [6, 6.07) is 7.59. The molecule has 1 saturated heterocycles. The van der Waals surface area contributed by atoms with Gasteiger partial charge in [0.15, 0.2) is 0 Å². The summed E-state index contributed by atoms with van der Waals surface area (Å²) in [7, 11) is 0. The van der Waals surface area contributed by atoms with Crippen LogP contribution in [0, 0.1) is 16.0 Å². The summed E-state index contributed by atoms with van der Waals surface area (Å²) >= 11 is 0. The summed E-state index contributed by atoms with van der Waals surface area (Å²) in [5.41, 5.74) is 1.11. The summed E-state index contributed by atoms with van der Waals surface area (Å²) in [6.07, 6.45) is 5.48. The monoisotopic (exact) mass is 262 g/mol. The van der Waals surface area contributed by atoms with Crippen LogP contribution >= 0.6 is 0 Å². The van der Waals surface area contributed by atoms with E-state index in [4.69, 9.17) is 0 Å². The van der Waals surface area contributed by atoms with Gasteiger partial charge in [0.2, 0.25) is 0 Å². The Morgan fingerprint density at radius 2 is 2.21 bits per heavy atom. The van der Waals surface area contributed by atoms with Gasteiger partial charge in [-0.3, -0.25) is 10.1 Å². The highest BCUT2D eigenvalue weighted by Crippen LogP contribution is 2.24. The van der Waals surface area contributed by atoms with E-state index in [1.54, 1.807) is 12.1 Å². The minimum Gasteiger partial charge on any atom is -0.314 e. The van der Waals surface area contributed by atoms with Crippen LogP contribution in [0.1, 0.15) is 38.2 Å². The molecule has 0 amide bonds. The Morgan fingerprint density at radius 1 is 1.42 bits per heavy atom. The fourth-order valence-electron chi connectivity index (χ4n) is 2.92. The lowest BCUT2D eigenvalue weighted by Gasteiger charge is -2.29. The molecule has 1 fully saturated rings. The molecular weight excluding hydrogens is 240 g/mol. The van der Waals surface area contributed by atoms with Crippen LogP contribution < -0.4 is 5.32 Å². The zero-order chi connectivity index (χ0) is 13.7. The maximum atomic E-state index is 11.0. The lowest BCUT2D eigenvalue weighted by Crippen LogP contribution is -2.38. The number of hydrogen-bond donors (Lipinski definition) is 1. The average Bonchev–Trinajstić information content (AvgIpc) is 2.45. The van der Waals surface area contributed by atoms with Gasteiger partial charge in [-0.25, -0.2) is 0 Å². The van der Waals surface area contributed by atoms with Crippen LogP contribution in [0.5, 0.6) is 0 Å². The molecule has 0 aromatic heterocycles. The minimum absolute atomic E-state index is 0.255. The molecule has 2 atom stereocenters. The molecule has 1 aliphatic heterocycles. The van der Waals surface area contributed by atoms with E-state index in [2.05, 4.69) is 12.2 Å². The quantitative estimate of drug-likeness (QED) is 0.654. The molecule has 0 bridgehead atoms. The number of piperidine rings is 1. The van der Waals surface area contributed by atoms with Crippen molar-refractivity contribution in [3.63, 3.8) is 0 Å². The van der Waals surface area contributed by atoms with Crippen molar-refractivity contribution in [2.24, 2.45) is 5.92 Å². The molecule has 1 heterocycles. The maximum absolute atomic E-state index is 11.0. The Bertz CT molecular complexity index is 434. The number of hydrogen-bond acceptors (Lipinski definition) is 3. The van der Waals surface area contributed by atoms with Gasteiger partial charge in [-0.05, 0) is 38.1 Å². The number of aryl methyl sites for hydroxylation is 1. The van der Waals surface area contributed by atoms with Crippen LogP contribution in [0.4, 0.5) is 5.69 Å². The molecule has 0 aliphatic carbocycles. The zero-order valence-corrected chi connectivity index (χ0v) is 11.5. The van der Waals surface area contributed by atoms with Crippen LogP contribution in [0.2, 0.25) is 0 Å². The van der Waals surface area contributed by atoms with E-state index in [9.17, 15) is 10.1 Å². The largest absolute Gasteiger partial charge is 0.314 e. The van der Waals surface area contributed by atoms with Crippen molar-refractivity contribution in [2.75, 3.05) is 6.54 Å². The number of nitro groups is 1. The van der Waals surface area contributed by atoms with Crippen LogP contribution in [0.3, 0.4) is 0 Å². The second kappa shape index (κ2) is 6.66. The Balaban J connectivity index is 1.93. The third-order valence-electron chi connectivity index (χ3n) is 4.13. The summed E-state index contributed by atoms with van der Waals surface area (Å²) in [5, 5.41) is 14.5. The minimum atomic E-state index is -0.279. The van der Waals surface area contributed by atoms with Gasteiger partial charge in [0, 0.05) is 17.7 Å². The first-order chi connectivity index (χ1) is 9.20. The second-order valence-electron chi connectivity index (χ2n) is 5.37. The normalized spacial score (nSPS) is 23.2. The van der Waals surface area contributed by atoms with Crippen LogP contribution in [0.15, 0.2) is 24.3 Å². The first-order valence-corrected chi connectivity index (χ1v) is 7.16. The molecule has 1 aromatic rings. The first-order valence-electron chi connectivity index (χ1n) is 7.16. The fraction of sp³-hybridized carbons (Fsp3) is 0.600. The second-order valence-corrected chi connectivity index (χ2v) is 5.37. The van der Waals surface area contributed by atoms with Crippen molar-refractivity contribution in [2.45, 2.75) is 45.1 Å². The lowest BCUT2D eigenvalue weighted by molar-refractivity contribution is -0.385. The Hall–Kier alpha value is -1.42. The average molecular weight is 262 g/mol. The molecule has 1 aromatic carbocycles. The third-order valence-corrected chi connectivity index (χ3v) is 4.13. The number of nitrogens with one attached hydrogen (secondary N) is 1. The van der Waals surface area contributed by atoms with Gasteiger partial charge in [0.1, 0.15) is 0 Å². The predicted octanol–water partition coefficient (Wildman–Crippen LogP) is 3.31. The van der Waals surface area contributed by atoms with E-state index in [-0.39, 0.29) is 10.6 Å². The molecule has 19 heavy (non-hydrogen) atoms. The summed E-state index contributed by atoms with van der Waals surface area (Å²) in [6.45, 7) is 3.33. The lowest BCUT2D eigenvalue weighted by atomic mass is 9.88. The molecule has 4 heteroatoms. The Morgan fingerprint density at radius 3 is 2.95 bits per heavy atom. The predicted molar refractivity (Wildman–Crippen MR) is 76.2 cm³/mol. The van der Waals surface area contributed by atoms with Gasteiger partial charge in [-0.2, -0.15) is 0 Å². The van der Waals surface area contributed by atoms with E-state index in [0.717, 1.165) is 30.9 Å². The fourth-order valence-corrected chi connectivity index (χ4v) is 2.92. The highest BCUT2D eigenvalue weighted by atomic mass is 16.6. The van der Waals surface area contributed by atoms with Crippen molar-refractivity contribution in [1.82, 2.24) is 5.32 Å². The molecule has 0 radical (unpaired) electrons. The first kappa shape index (κ1) is 14.0. The summed E-state index contributed by atoms with van der Waals surface area (Å²) in [4.78, 5) is 10.7. The van der Waals surface area contributed by atoms with Gasteiger partial charge >= 0.3 is 0 Å². The maximum Gasteiger partial charge on any atom is 0.272 e. The van der Waals surface area contributed by atoms with Crippen LogP contribution in [-0.4, -0.2) is 17.5 Å². The van der Waals surface area contributed by atoms with Crippen molar-refractivity contribution in [1.29, 1.82) is 0 Å². The standard InChI is InChI=1S/C15H22N2O2/c1-2-12-9-10-16-14(11-12)8-7-13-5-3-4-6-15(13)17(18)19/h3-6,12,14,16H,2,7-11H2,1H3. The number of nitrogens with zero attached hydrogens (tertiary/aromatic N) is 1. The Kier molecular flexibility index (Phi) is 4.91. The van der Waals surface area contributed by atoms with Crippen molar-refractivity contribution in [3.05, 3.63) is 39.9 Å². The van der Waals surface area contributed by atoms with Gasteiger partial charge in [0.25, 0.3) is 5.69 Å². The summed E-state index contributed by atoms with van der Waals surface area (Å²) in [5.74, 6) is 0.817. The number of nitro benzene ring substituents is 1. The topological polar surface area (TPSA) is 55.2 Å². The Labute approximate surface area is 114 Å². The van der Waals surface area contributed by atoms with Crippen LogP contribution in [-0.2, 0) is 6.42 Å². The van der Waals surface area contributed by atoms with Gasteiger partial charge in [0.05, 0.1) is 4.92 Å². The van der Waals surface area contributed by atoms with E-state index in [1.807, 2.05) is 12.1 Å². The molecule has 0 spiro atoms. The van der Waals surface area contributed by atoms with Crippen molar-refractivity contribution >= 4 is 5.69 Å². The van der Waals surface area contributed by atoms with E-state index in [1.165, 1.54) is 19.3 Å². The van der Waals surface area contributed by atoms with Crippen LogP contribution in [0.25, 0.3) is 0 Å². The van der Waals surface area contributed by atoms with E-state index >= 15 is 0 Å². The molecule has 2 rings (SSSR count). The highest BCUT2D eigenvalue weighted by Gasteiger charge is 2.21. The zero-order valence-electron chi connectivity index (χ0n) is 11.5. The molecule has 104 valence electrons. The summed E-state index contributed by atoms with van der Waals surface area (Å²) < 4.78 is 0. The van der Waals surface area contributed by atoms with Crippen molar-refractivity contribution < 1.29 is 4.92 Å². The highest BCUT2D eigenvalue weighted by molar-refractivity contribution is 5.39. The van der Waals surface area contributed by atoms with Gasteiger partial charge in [-0.15, -0.1) is 0 Å². The third kappa shape index (κ3) is 3.77. The number of para-hydroxylation sites is 1. The molecular formula is C15H22N2O2. The number of rotatable bonds is 5. The smallest absolute Gasteiger partial charge is 0.272 e. The van der Waals surface area contributed by atoms with E-state index < -0.39 is 0 Å². The molecule has 2 unspecified atom stereocenters. The molecule has 0 saturated carbocycles. The molecule has 1 N–H and O–H groups in total. The van der Waals surface area contributed by atoms with Gasteiger partial charge in [-0.1, -0.05) is 31.5 Å². The van der Waals surface area contributed by atoms with E-state index in [0.29, 0.717) is 6.04 Å². The van der Waals surface area contributed by atoms with Crippen molar-refractivity contribution in [3.8, 4) is 0 Å². The van der Waals surface area contributed by atoms with Gasteiger partial charge < -0.3 is 5.32 Å². The SMILES string of the molecule is CCC1CCNC(CCc2ccccc2[N+](=O)[O-])C1. The number of benzene rings is 1. The molecule has 4 nitrogen and oxygen atoms in total.